The fraction of sp³-hybridized carbons (Fsp3) is 0.294. The van der Waals surface area contributed by atoms with Gasteiger partial charge < -0.3 is 15.3 Å². The maximum absolute atomic E-state index is 11.8. The molecule has 1 aromatic carbocycles. The van der Waals surface area contributed by atoms with Crippen molar-refractivity contribution >= 4 is 5.91 Å². The number of carbonyl (C=O) groups excluding carboxylic acids is 1. The molecule has 0 aliphatic heterocycles. The molecule has 0 aliphatic rings. The topological polar surface area (TPSA) is 93.5 Å². The van der Waals surface area contributed by atoms with Gasteiger partial charge in [-0.15, -0.1) is 0 Å². The van der Waals surface area contributed by atoms with Crippen molar-refractivity contribution in [3.05, 3.63) is 62.7 Å². The Morgan fingerprint density at radius 3 is 2.50 bits per heavy atom. The van der Waals surface area contributed by atoms with Crippen LogP contribution in [0.1, 0.15) is 40.5 Å². The second-order valence-corrected chi connectivity index (χ2v) is 5.50. The van der Waals surface area contributed by atoms with E-state index in [1.807, 2.05) is 32.0 Å². The Bertz CT molecular complexity index is 777. The molecule has 0 saturated heterocycles. The van der Waals surface area contributed by atoms with Crippen LogP contribution in [0.25, 0.3) is 0 Å². The van der Waals surface area contributed by atoms with Gasteiger partial charge in [0.05, 0.1) is 5.92 Å². The molecule has 5 nitrogen and oxygen atoms in total. The summed E-state index contributed by atoms with van der Waals surface area (Å²) < 4.78 is 5.52. The van der Waals surface area contributed by atoms with Crippen molar-refractivity contribution in [1.82, 2.24) is 0 Å². The molecule has 22 heavy (non-hydrogen) atoms. The van der Waals surface area contributed by atoms with Crippen molar-refractivity contribution in [2.24, 2.45) is 5.73 Å². The zero-order valence-corrected chi connectivity index (χ0v) is 12.8. The second kappa shape index (κ2) is 6.05. The minimum atomic E-state index is -0.593. The summed E-state index contributed by atoms with van der Waals surface area (Å²) in [5, 5.41) is 10.0. The van der Waals surface area contributed by atoms with Crippen LogP contribution in [-0.2, 0) is 4.79 Å². The van der Waals surface area contributed by atoms with Gasteiger partial charge in [-0.25, -0.2) is 0 Å². The highest BCUT2D eigenvalue weighted by atomic mass is 16.4. The largest absolute Gasteiger partial charge is 0.502 e. The molecule has 0 spiro atoms. The molecule has 0 saturated carbocycles. The van der Waals surface area contributed by atoms with Gasteiger partial charge in [-0.05, 0) is 37.5 Å². The SMILES string of the molecule is Cc1cc(=O)c(O)c(C(CC(N)=O)c2ccc(C)c(C)c2)o1. The summed E-state index contributed by atoms with van der Waals surface area (Å²) in [5.74, 6) is -1.16. The highest BCUT2D eigenvalue weighted by Crippen LogP contribution is 2.33. The van der Waals surface area contributed by atoms with Crippen molar-refractivity contribution in [3.8, 4) is 5.75 Å². The van der Waals surface area contributed by atoms with E-state index in [0.717, 1.165) is 16.7 Å². The van der Waals surface area contributed by atoms with Crippen molar-refractivity contribution in [3.63, 3.8) is 0 Å². The number of aromatic hydroxyl groups is 1. The van der Waals surface area contributed by atoms with Gasteiger partial charge in [0.1, 0.15) is 5.76 Å². The first-order valence-corrected chi connectivity index (χ1v) is 6.98. The molecule has 0 radical (unpaired) electrons. The summed E-state index contributed by atoms with van der Waals surface area (Å²) in [6.45, 7) is 5.55. The molecular weight excluding hydrogens is 282 g/mol. The fourth-order valence-corrected chi connectivity index (χ4v) is 2.41. The third-order valence-electron chi connectivity index (χ3n) is 3.73. The zero-order chi connectivity index (χ0) is 16.4. The van der Waals surface area contributed by atoms with E-state index >= 15 is 0 Å². The molecule has 116 valence electrons. The quantitative estimate of drug-likeness (QED) is 0.906. The maximum atomic E-state index is 11.8. The van der Waals surface area contributed by atoms with E-state index in [2.05, 4.69) is 0 Å². The third kappa shape index (κ3) is 3.19. The zero-order valence-electron chi connectivity index (χ0n) is 12.8. The number of benzene rings is 1. The number of nitrogens with two attached hydrogens (primary N) is 1. The Balaban J connectivity index is 2.62. The maximum Gasteiger partial charge on any atom is 0.227 e. The van der Waals surface area contributed by atoms with E-state index < -0.39 is 23.0 Å². The van der Waals surface area contributed by atoms with Crippen molar-refractivity contribution in [2.45, 2.75) is 33.1 Å². The van der Waals surface area contributed by atoms with Crippen LogP contribution in [0.5, 0.6) is 5.75 Å². The van der Waals surface area contributed by atoms with E-state index in [1.165, 1.54) is 6.07 Å². The molecule has 0 bridgehead atoms. The Hall–Kier alpha value is -2.56. The normalized spacial score (nSPS) is 12.1. The van der Waals surface area contributed by atoms with E-state index in [4.69, 9.17) is 10.2 Å². The number of amides is 1. The van der Waals surface area contributed by atoms with E-state index in [1.54, 1.807) is 6.92 Å². The van der Waals surface area contributed by atoms with Crippen molar-refractivity contribution in [1.29, 1.82) is 0 Å². The number of hydrogen-bond acceptors (Lipinski definition) is 4. The lowest BCUT2D eigenvalue weighted by Crippen LogP contribution is -2.18. The predicted molar refractivity (Wildman–Crippen MR) is 83.0 cm³/mol. The van der Waals surface area contributed by atoms with Crippen LogP contribution in [0.3, 0.4) is 0 Å². The first-order chi connectivity index (χ1) is 10.3. The lowest BCUT2D eigenvalue weighted by Gasteiger charge is -2.17. The smallest absolute Gasteiger partial charge is 0.227 e. The van der Waals surface area contributed by atoms with Gasteiger partial charge in [-0.3, -0.25) is 9.59 Å². The number of primary amides is 1. The Morgan fingerprint density at radius 2 is 1.91 bits per heavy atom. The summed E-state index contributed by atoms with van der Waals surface area (Å²) in [6, 6.07) is 6.88. The molecule has 1 amide bonds. The molecule has 2 rings (SSSR count). The molecule has 5 heteroatoms. The predicted octanol–water partition coefficient (Wildman–Crippen LogP) is 2.28. The standard InChI is InChI=1S/C17H19NO4/c1-9-4-5-12(6-10(9)2)13(8-15(18)20)17-16(21)14(19)7-11(3)22-17/h4-7,13,21H,8H2,1-3H3,(H2,18,20). The third-order valence-corrected chi connectivity index (χ3v) is 3.73. The molecule has 3 N–H and O–H groups in total. The minimum absolute atomic E-state index is 0.0531. The first-order valence-electron chi connectivity index (χ1n) is 6.98. The van der Waals surface area contributed by atoms with Gasteiger partial charge in [0, 0.05) is 12.5 Å². The summed E-state index contributed by atoms with van der Waals surface area (Å²) in [5.41, 5.74) is 7.71. The van der Waals surface area contributed by atoms with E-state index in [9.17, 15) is 14.7 Å². The van der Waals surface area contributed by atoms with Crippen LogP contribution in [-0.4, -0.2) is 11.0 Å². The van der Waals surface area contributed by atoms with Crippen LogP contribution in [0, 0.1) is 20.8 Å². The van der Waals surface area contributed by atoms with Crippen LogP contribution in [0.4, 0.5) is 0 Å². The van der Waals surface area contributed by atoms with Crippen LogP contribution < -0.4 is 11.2 Å². The Morgan fingerprint density at radius 1 is 1.23 bits per heavy atom. The summed E-state index contributed by atoms with van der Waals surface area (Å²) in [4.78, 5) is 23.2. The minimum Gasteiger partial charge on any atom is -0.502 e. The Labute approximate surface area is 128 Å². The van der Waals surface area contributed by atoms with Gasteiger partial charge in [0.2, 0.25) is 17.1 Å². The van der Waals surface area contributed by atoms with Gasteiger partial charge in [0.15, 0.2) is 5.76 Å². The molecule has 1 atom stereocenters. The van der Waals surface area contributed by atoms with Crippen LogP contribution in [0.2, 0.25) is 0 Å². The molecule has 1 heterocycles. The first kappa shape index (κ1) is 15.8. The van der Waals surface area contributed by atoms with Gasteiger partial charge in [-0.2, -0.15) is 0 Å². The molecule has 0 aliphatic carbocycles. The summed E-state index contributed by atoms with van der Waals surface area (Å²) in [7, 11) is 0. The number of carbonyl (C=O) groups is 1. The number of hydrogen-bond donors (Lipinski definition) is 2. The molecule has 1 aromatic heterocycles. The summed E-state index contributed by atoms with van der Waals surface area (Å²) >= 11 is 0. The molecule has 1 unspecified atom stereocenters. The fourth-order valence-electron chi connectivity index (χ4n) is 2.41. The van der Waals surface area contributed by atoms with Gasteiger partial charge >= 0.3 is 0 Å². The average Bonchev–Trinajstić information content (AvgIpc) is 2.43. The highest BCUT2D eigenvalue weighted by molar-refractivity contribution is 5.75. The number of rotatable bonds is 4. The monoisotopic (exact) mass is 301 g/mol. The van der Waals surface area contributed by atoms with E-state index in [-0.39, 0.29) is 12.2 Å². The molecule has 2 aromatic rings. The molecular formula is C17H19NO4. The number of aryl methyl sites for hydroxylation is 3. The van der Waals surface area contributed by atoms with Crippen LogP contribution in [0.15, 0.2) is 33.5 Å². The average molecular weight is 301 g/mol. The Kier molecular flexibility index (Phi) is 4.35. The van der Waals surface area contributed by atoms with E-state index in [0.29, 0.717) is 5.76 Å². The highest BCUT2D eigenvalue weighted by Gasteiger charge is 2.25. The van der Waals surface area contributed by atoms with Gasteiger partial charge in [0.25, 0.3) is 0 Å². The van der Waals surface area contributed by atoms with Crippen LogP contribution >= 0.6 is 0 Å². The lowest BCUT2D eigenvalue weighted by molar-refractivity contribution is -0.118. The summed E-state index contributed by atoms with van der Waals surface area (Å²) in [6.07, 6.45) is -0.0531. The molecule has 0 fully saturated rings. The van der Waals surface area contributed by atoms with Crippen molar-refractivity contribution in [2.75, 3.05) is 0 Å². The van der Waals surface area contributed by atoms with Crippen molar-refractivity contribution < 1.29 is 14.3 Å². The van der Waals surface area contributed by atoms with Gasteiger partial charge in [-0.1, -0.05) is 18.2 Å². The second-order valence-electron chi connectivity index (χ2n) is 5.50. The lowest BCUT2D eigenvalue weighted by atomic mass is 9.90.